The van der Waals surface area contributed by atoms with Gasteiger partial charge in [-0.15, -0.1) is 0 Å². The molecular weight excluding hydrogens is 334 g/mol. The van der Waals surface area contributed by atoms with Gasteiger partial charge < -0.3 is 15.2 Å². The summed E-state index contributed by atoms with van der Waals surface area (Å²) in [5.74, 6) is 0.0685. The second-order valence-corrected chi connectivity index (χ2v) is 7.90. The number of rotatable bonds is 1. The van der Waals surface area contributed by atoms with Crippen LogP contribution < -0.4 is 5.32 Å². The lowest BCUT2D eigenvalue weighted by atomic mass is 9.97. The van der Waals surface area contributed by atoms with E-state index in [4.69, 9.17) is 0 Å². The van der Waals surface area contributed by atoms with Gasteiger partial charge in [-0.05, 0) is 42.3 Å². The van der Waals surface area contributed by atoms with Crippen molar-refractivity contribution in [3.8, 4) is 0 Å². The van der Waals surface area contributed by atoms with E-state index in [0.717, 1.165) is 39.2 Å². The van der Waals surface area contributed by atoms with E-state index in [-0.39, 0.29) is 12.1 Å². The normalized spacial score (nSPS) is 19.8. The largest absolute Gasteiger partial charge is 0.360 e. The van der Waals surface area contributed by atoms with Gasteiger partial charge in [0.15, 0.2) is 0 Å². The Morgan fingerprint density at radius 3 is 2.88 bits per heavy atom. The molecule has 5 rings (SSSR count). The van der Waals surface area contributed by atoms with Crippen molar-refractivity contribution in [1.82, 2.24) is 9.88 Å². The zero-order valence-corrected chi connectivity index (χ0v) is 14.5. The SMILES string of the molecule is CS(=O)c1ccc2[nH]c3c(c2c1)CCN1C(=O)c2ccccc2NC31. The monoisotopic (exact) mass is 351 g/mol. The number of fused-ring (bicyclic) bond motifs is 6. The lowest BCUT2D eigenvalue weighted by Gasteiger charge is -2.40. The first-order valence-corrected chi connectivity index (χ1v) is 9.84. The molecule has 3 aromatic rings. The molecule has 2 aliphatic rings. The predicted molar refractivity (Wildman–Crippen MR) is 98.2 cm³/mol. The number of anilines is 1. The van der Waals surface area contributed by atoms with Crippen molar-refractivity contribution < 1.29 is 9.00 Å². The fourth-order valence-electron chi connectivity index (χ4n) is 3.91. The minimum atomic E-state index is -1.01. The van der Waals surface area contributed by atoms with Crippen LogP contribution in [0.2, 0.25) is 0 Å². The van der Waals surface area contributed by atoms with Crippen molar-refractivity contribution in [3.63, 3.8) is 0 Å². The highest BCUT2D eigenvalue weighted by molar-refractivity contribution is 7.84. The average Bonchev–Trinajstić information content (AvgIpc) is 3.00. The number of carbonyl (C=O) groups is 1. The minimum Gasteiger partial charge on any atom is -0.360 e. The van der Waals surface area contributed by atoms with Crippen molar-refractivity contribution in [2.45, 2.75) is 17.5 Å². The number of hydrogen-bond acceptors (Lipinski definition) is 3. The Morgan fingerprint density at radius 1 is 1.20 bits per heavy atom. The van der Waals surface area contributed by atoms with Gasteiger partial charge in [0.2, 0.25) is 0 Å². The van der Waals surface area contributed by atoms with E-state index in [9.17, 15) is 9.00 Å². The van der Waals surface area contributed by atoms with E-state index in [0.29, 0.717) is 6.54 Å². The lowest BCUT2D eigenvalue weighted by Crippen LogP contribution is -2.46. The molecule has 126 valence electrons. The number of hydrogen-bond donors (Lipinski definition) is 2. The number of aromatic nitrogens is 1. The van der Waals surface area contributed by atoms with Crippen LogP contribution in [0.15, 0.2) is 47.4 Å². The van der Waals surface area contributed by atoms with E-state index in [1.165, 1.54) is 5.56 Å². The maximum atomic E-state index is 12.9. The molecule has 0 bridgehead atoms. The molecule has 2 unspecified atom stereocenters. The molecule has 2 atom stereocenters. The molecule has 0 saturated heterocycles. The second kappa shape index (κ2) is 5.20. The smallest absolute Gasteiger partial charge is 0.257 e. The number of para-hydroxylation sites is 1. The number of amides is 1. The summed E-state index contributed by atoms with van der Waals surface area (Å²) in [7, 11) is -1.01. The molecule has 0 spiro atoms. The van der Waals surface area contributed by atoms with Gasteiger partial charge >= 0.3 is 0 Å². The van der Waals surface area contributed by atoms with E-state index in [1.54, 1.807) is 6.26 Å². The van der Waals surface area contributed by atoms with E-state index in [2.05, 4.69) is 10.3 Å². The molecule has 2 aromatic carbocycles. The molecule has 0 saturated carbocycles. The molecule has 0 aliphatic carbocycles. The fourth-order valence-corrected chi connectivity index (χ4v) is 4.46. The van der Waals surface area contributed by atoms with Crippen LogP contribution >= 0.6 is 0 Å². The highest BCUT2D eigenvalue weighted by Crippen LogP contribution is 2.39. The molecule has 1 aromatic heterocycles. The van der Waals surface area contributed by atoms with Gasteiger partial charge in [0.1, 0.15) is 6.17 Å². The summed E-state index contributed by atoms with van der Waals surface area (Å²) in [6.07, 6.45) is 2.30. The number of benzene rings is 2. The molecule has 6 heteroatoms. The maximum absolute atomic E-state index is 12.9. The third kappa shape index (κ3) is 2.07. The van der Waals surface area contributed by atoms with E-state index in [1.807, 2.05) is 47.4 Å². The number of nitrogens with one attached hydrogen (secondary N) is 2. The van der Waals surface area contributed by atoms with Crippen molar-refractivity contribution in [3.05, 3.63) is 59.3 Å². The van der Waals surface area contributed by atoms with Crippen LogP contribution in [-0.2, 0) is 17.2 Å². The molecule has 2 N–H and O–H groups in total. The zero-order chi connectivity index (χ0) is 17.1. The van der Waals surface area contributed by atoms with E-state index < -0.39 is 10.8 Å². The Bertz CT molecular complexity index is 1060. The van der Waals surface area contributed by atoms with Gasteiger partial charge in [-0.2, -0.15) is 0 Å². The molecule has 25 heavy (non-hydrogen) atoms. The Balaban J connectivity index is 1.67. The van der Waals surface area contributed by atoms with Crippen LogP contribution in [0.3, 0.4) is 0 Å². The summed E-state index contributed by atoms with van der Waals surface area (Å²) in [6.45, 7) is 0.671. The highest BCUT2D eigenvalue weighted by Gasteiger charge is 2.38. The van der Waals surface area contributed by atoms with Crippen molar-refractivity contribution in [2.75, 3.05) is 18.1 Å². The quantitative estimate of drug-likeness (QED) is 0.708. The van der Waals surface area contributed by atoms with Crippen LogP contribution in [0.1, 0.15) is 27.8 Å². The van der Waals surface area contributed by atoms with Crippen LogP contribution in [0.5, 0.6) is 0 Å². The fraction of sp³-hybridized carbons (Fsp3) is 0.211. The molecular formula is C19H17N3O2S. The first-order valence-electron chi connectivity index (χ1n) is 8.28. The molecule has 1 amide bonds. The zero-order valence-electron chi connectivity index (χ0n) is 13.7. The van der Waals surface area contributed by atoms with Gasteiger partial charge in [-0.1, -0.05) is 12.1 Å². The summed E-state index contributed by atoms with van der Waals surface area (Å²) in [5, 5.41) is 4.60. The highest BCUT2D eigenvalue weighted by atomic mass is 32.2. The molecule has 2 aliphatic heterocycles. The number of carbonyl (C=O) groups excluding carboxylic acids is 1. The van der Waals surface area contributed by atoms with Crippen LogP contribution in [-0.4, -0.2) is 32.8 Å². The first-order chi connectivity index (χ1) is 12.1. The van der Waals surface area contributed by atoms with Gasteiger partial charge in [-0.25, -0.2) is 0 Å². The Hall–Kier alpha value is -2.60. The van der Waals surface area contributed by atoms with Gasteiger partial charge in [0, 0.05) is 45.1 Å². The van der Waals surface area contributed by atoms with Gasteiger partial charge in [0.05, 0.1) is 11.3 Å². The molecule has 5 nitrogen and oxygen atoms in total. The minimum absolute atomic E-state index is 0.0685. The topological polar surface area (TPSA) is 65.2 Å². The lowest BCUT2D eigenvalue weighted by molar-refractivity contribution is 0.0667. The third-order valence-electron chi connectivity index (χ3n) is 5.14. The molecule has 0 radical (unpaired) electrons. The standard InChI is InChI=1S/C19H17N3O2S/c1-25(24)11-6-7-16-14(10-11)12-8-9-22-18(17(12)20-16)21-15-5-3-2-4-13(15)19(22)23/h2-7,10,18,20-21H,8-9H2,1H3. The van der Waals surface area contributed by atoms with Crippen molar-refractivity contribution in [2.24, 2.45) is 0 Å². The van der Waals surface area contributed by atoms with Crippen molar-refractivity contribution in [1.29, 1.82) is 0 Å². The Kier molecular flexibility index (Phi) is 3.06. The second-order valence-electron chi connectivity index (χ2n) is 6.52. The molecule has 0 fully saturated rings. The summed E-state index contributed by atoms with van der Waals surface area (Å²) in [6, 6.07) is 13.5. The third-order valence-corrected chi connectivity index (χ3v) is 6.06. The summed E-state index contributed by atoms with van der Waals surface area (Å²) < 4.78 is 11.8. The average molecular weight is 351 g/mol. The number of nitrogens with zero attached hydrogens (tertiary/aromatic N) is 1. The Morgan fingerprint density at radius 2 is 2.04 bits per heavy atom. The van der Waals surface area contributed by atoms with E-state index >= 15 is 0 Å². The Labute approximate surface area is 147 Å². The number of aromatic amines is 1. The van der Waals surface area contributed by atoms with Crippen LogP contribution in [0.25, 0.3) is 10.9 Å². The number of H-pyrrole nitrogens is 1. The summed E-state index contributed by atoms with van der Waals surface area (Å²) >= 11 is 0. The maximum Gasteiger partial charge on any atom is 0.257 e. The molecule has 3 heterocycles. The van der Waals surface area contributed by atoms with Crippen LogP contribution in [0.4, 0.5) is 5.69 Å². The summed E-state index contributed by atoms with van der Waals surface area (Å²) in [4.78, 5) is 19.0. The van der Waals surface area contributed by atoms with Crippen LogP contribution in [0, 0.1) is 0 Å². The summed E-state index contributed by atoms with van der Waals surface area (Å²) in [5.41, 5.74) is 4.86. The van der Waals surface area contributed by atoms with Gasteiger partial charge in [0.25, 0.3) is 5.91 Å². The predicted octanol–water partition coefficient (Wildman–Crippen LogP) is 3.03. The first kappa shape index (κ1) is 14.7. The van der Waals surface area contributed by atoms with Gasteiger partial charge in [-0.3, -0.25) is 9.00 Å². The van der Waals surface area contributed by atoms with Crippen molar-refractivity contribution >= 4 is 33.3 Å².